The molecule has 0 saturated carbocycles. The van der Waals surface area contributed by atoms with Gasteiger partial charge in [0.15, 0.2) is 11.5 Å². The van der Waals surface area contributed by atoms with Crippen molar-refractivity contribution >= 4 is 23.3 Å². The molecule has 2 aliphatic rings. The molecule has 140 valence electrons. The van der Waals surface area contributed by atoms with Crippen molar-refractivity contribution in [3.05, 3.63) is 42.5 Å². The molecule has 2 aromatic rings. The van der Waals surface area contributed by atoms with Crippen LogP contribution in [0.4, 0.5) is 16.2 Å². The van der Waals surface area contributed by atoms with Gasteiger partial charge in [0.05, 0.1) is 13.2 Å². The Hall–Kier alpha value is -3.42. The number of fused-ring (bicyclic) bond motifs is 1. The van der Waals surface area contributed by atoms with Crippen molar-refractivity contribution in [3.8, 4) is 17.2 Å². The van der Waals surface area contributed by atoms with E-state index in [1.165, 1.54) is 0 Å². The molecular weight excluding hydrogens is 350 g/mol. The number of hydrogen-bond acceptors (Lipinski definition) is 5. The van der Waals surface area contributed by atoms with Crippen LogP contribution in [0.25, 0.3) is 0 Å². The molecule has 8 heteroatoms. The Morgan fingerprint density at radius 2 is 1.93 bits per heavy atom. The Morgan fingerprint density at radius 3 is 2.70 bits per heavy atom. The number of methoxy groups -OCH3 is 1. The summed E-state index contributed by atoms with van der Waals surface area (Å²) >= 11 is 0. The third-order valence-corrected chi connectivity index (χ3v) is 4.47. The number of benzene rings is 2. The van der Waals surface area contributed by atoms with Crippen LogP contribution in [-0.2, 0) is 4.79 Å². The highest BCUT2D eigenvalue weighted by molar-refractivity contribution is 5.97. The molecule has 0 bridgehead atoms. The third kappa shape index (κ3) is 3.59. The highest BCUT2D eigenvalue weighted by Gasteiger charge is 2.31. The first-order valence-electron chi connectivity index (χ1n) is 8.54. The number of anilines is 2. The molecule has 0 aromatic heterocycles. The molecule has 0 unspecified atom stereocenters. The lowest BCUT2D eigenvalue weighted by Crippen LogP contribution is -2.39. The van der Waals surface area contributed by atoms with Gasteiger partial charge in [-0.05, 0) is 36.4 Å². The topological polar surface area (TPSA) is 89.1 Å². The largest absolute Gasteiger partial charge is 0.497 e. The number of ether oxygens (including phenoxy) is 3. The Labute approximate surface area is 156 Å². The summed E-state index contributed by atoms with van der Waals surface area (Å²) in [5.74, 6) is 1.93. The van der Waals surface area contributed by atoms with E-state index < -0.39 is 0 Å². The van der Waals surface area contributed by atoms with Gasteiger partial charge in [-0.1, -0.05) is 0 Å². The van der Waals surface area contributed by atoms with Gasteiger partial charge < -0.3 is 29.7 Å². The van der Waals surface area contributed by atoms with Gasteiger partial charge in [-0.3, -0.25) is 4.79 Å². The zero-order chi connectivity index (χ0) is 18.8. The number of rotatable bonds is 4. The minimum absolute atomic E-state index is 0.0338. The van der Waals surface area contributed by atoms with E-state index in [-0.39, 0.29) is 31.2 Å². The molecule has 3 amide bonds. The van der Waals surface area contributed by atoms with Crippen LogP contribution in [0.5, 0.6) is 17.2 Å². The predicted octanol–water partition coefficient (Wildman–Crippen LogP) is 2.35. The second kappa shape index (κ2) is 7.06. The lowest BCUT2D eigenvalue weighted by atomic mass is 10.2. The Kier molecular flexibility index (Phi) is 4.45. The first-order valence-corrected chi connectivity index (χ1v) is 8.54. The van der Waals surface area contributed by atoms with Crippen LogP contribution >= 0.6 is 0 Å². The number of carbonyl (C=O) groups is 2. The maximum atomic E-state index is 12.3. The monoisotopic (exact) mass is 369 g/mol. The van der Waals surface area contributed by atoms with Crippen molar-refractivity contribution in [2.45, 2.75) is 12.5 Å². The van der Waals surface area contributed by atoms with E-state index in [0.29, 0.717) is 23.7 Å². The Morgan fingerprint density at radius 1 is 1.15 bits per heavy atom. The molecule has 0 radical (unpaired) electrons. The number of carbonyl (C=O) groups excluding carboxylic acids is 2. The number of nitrogens with one attached hydrogen (secondary N) is 2. The Balaban J connectivity index is 1.35. The standard InChI is InChI=1S/C19H19N3O5/c1-25-15-5-3-14(4-6-15)22-10-13(9-18(22)23)21-19(24)20-12-2-7-16-17(8-12)27-11-26-16/h2-8,13H,9-11H2,1H3,(H2,20,21,24)/t13-/m1/s1. The summed E-state index contributed by atoms with van der Waals surface area (Å²) in [6.07, 6.45) is 0.251. The van der Waals surface area contributed by atoms with Crippen molar-refractivity contribution < 1.29 is 23.8 Å². The van der Waals surface area contributed by atoms with E-state index in [9.17, 15) is 9.59 Å². The predicted molar refractivity (Wildman–Crippen MR) is 98.5 cm³/mol. The van der Waals surface area contributed by atoms with E-state index in [2.05, 4.69) is 10.6 Å². The zero-order valence-corrected chi connectivity index (χ0v) is 14.7. The van der Waals surface area contributed by atoms with Gasteiger partial charge in [0.25, 0.3) is 0 Å². The quantitative estimate of drug-likeness (QED) is 0.864. The minimum atomic E-state index is -0.372. The summed E-state index contributed by atoms with van der Waals surface area (Å²) in [5, 5.41) is 5.59. The number of amides is 3. The van der Waals surface area contributed by atoms with E-state index >= 15 is 0 Å². The van der Waals surface area contributed by atoms with Crippen molar-refractivity contribution in [3.63, 3.8) is 0 Å². The van der Waals surface area contributed by atoms with Gasteiger partial charge in [-0.15, -0.1) is 0 Å². The van der Waals surface area contributed by atoms with Crippen molar-refractivity contribution in [1.82, 2.24) is 5.32 Å². The van der Waals surface area contributed by atoms with Crippen molar-refractivity contribution in [2.75, 3.05) is 30.7 Å². The molecule has 2 aromatic carbocycles. The smallest absolute Gasteiger partial charge is 0.319 e. The maximum Gasteiger partial charge on any atom is 0.319 e. The summed E-state index contributed by atoms with van der Waals surface area (Å²) in [5.41, 5.74) is 1.37. The molecule has 4 rings (SSSR count). The third-order valence-electron chi connectivity index (χ3n) is 4.47. The lowest BCUT2D eigenvalue weighted by molar-refractivity contribution is -0.117. The van der Waals surface area contributed by atoms with Crippen LogP contribution in [0, 0.1) is 0 Å². The molecule has 27 heavy (non-hydrogen) atoms. The Bertz CT molecular complexity index is 868. The second-order valence-corrected chi connectivity index (χ2v) is 6.27. The molecule has 2 aliphatic heterocycles. The average Bonchev–Trinajstić information content (AvgIpc) is 3.27. The fourth-order valence-corrected chi connectivity index (χ4v) is 3.14. The normalized spacial score (nSPS) is 17.7. The maximum absolute atomic E-state index is 12.3. The fraction of sp³-hybridized carbons (Fsp3) is 0.263. The summed E-state index contributed by atoms with van der Waals surface area (Å²) in [4.78, 5) is 26.2. The number of hydrogen-bond donors (Lipinski definition) is 2. The molecular formula is C19H19N3O5. The number of urea groups is 1. The highest BCUT2D eigenvalue weighted by atomic mass is 16.7. The number of nitrogens with zero attached hydrogens (tertiary/aromatic N) is 1. The average molecular weight is 369 g/mol. The van der Waals surface area contributed by atoms with Crippen LogP contribution < -0.4 is 29.7 Å². The minimum Gasteiger partial charge on any atom is -0.497 e. The van der Waals surface area contributed by atoms with Crippen molar-refractivity contribution in [1.29, 1.82) is 0 Å². The molecule has 1 atom stereocenters. The van der Waals surface area contributed by atoms with Crippen LogP contribution in [0.15, 0.2) is 42.5 Å². The van der Waals surface area contributed by atoms with Gasteiger partial charge in [0.1, 0.15) is 5.75 Å². The van der Waals surface area contributed by atoms with Gasteiger partial charge in [0, 0.05) is 30.4 Å². The van der Waals surface area contributed by atoms with Gasteiger partial charge in [-0.25, -0.2) is 4.79 Å². The summed E-state index contributed by atoms with van der Waals surface area (Å²) in [6.45, 7) is 0.593. The van der Waals surface area contributed by atoms with Gasteiger partial charge in [0.2, 0.25) is 12.7 Å². The fourth-order valence-electron chi connectivity index (χ4n) is 3.14. The molecule has 1 fully saturated rings. The van der Waals surface area contributed by atoms with Crippen LogP contribution in [0.1, 0.15) is 6.42 Å². The van der Waals surface area contributed by atoms with E-state index in [1.54, 1.807) is 42.3 Å². The van der Waals surface area contributed by atoms with E-state index in [0.717, 1.165) is 11.4 Å². The summed E-state index contributed by atoms with van der Waals surface area (Å²) < 4.78 is 15.7. The molecule has 2 N–H and O–H groups in total. The van der Waals surface area contributed by atoms with Gasteiger partial charge in [-0.2, -0.15) is 0 Å². The molecule has 8 nitrogen and oxygen atoms in total. The molecule has 0 spiro atoms. The molecule has 2 heterocycles. The first-order chi connectivity index (χ1) is 13.1. The van der Waals surface area contributed by atoms with Crippen LogP contribution in [0.2, 0.25) is 0 Å². The highest BCUT2D eigenvalue weighted by Crippen LogP contribution is 2.34. The molecule has 1 saturated heterocycles. The lowest BCUT2D eigenvalue weighted by Gasteiger charge is -2.18. The van der Waals surface area contributed by atoms with Crippen LogP contribution in [0.3, 0.4) is 0 Å². The van der Waals surface area contributed by atoms with E-state index in [1.807, 2.05) is 12.1 Å². The van der Waals surface area contributed by atoms with Crippen molar-refractivity contribution in [2.24, 2.45) is 0 Å². The SMILES string of the molecule is COc1ccc(N2C[C@H](NC(=O)Nc3ccc4c(c3)OCO4)CC2=O)cc1. The molecule has 0 aliphatic carbocycles. The van der Waals surface area contributed by atoms with Crippen LogP contribution in [-0.4, -0.2) is 38.4 Å². The second-order valence-electron chi connectivity index (χ2n) is 6.27. The summed E-state index contributed by atoms with van der Waals surface area (Å²) in [7, 11) is 1.59. The van der Waals surface area contributed by atoms with Gasteiger partial charge >= 0.3 is 6.03 Å². The first kappa shape index (κ1) is 17.0. The zero-order valence-electron chi connectivity index (χ0n) is 14.7. The summed E-state index contributed by atoms with van der Waals surface area (Å²) in [6, 6.07) is 11.8. The van der Waals surface area contributed by atoms with E-state index in [4.69, 9.17) is 14.2 Å².